The van der Waals surface area contributed by atoms with Gasteiger partial charge in [0.25, 0.3) is 0 Å². The van der Waals surface area contributed by atoms with E-state index in [1.807, 2.05) is 0 Å². The average Bonchev–Trinajstić information content (AvgIpc) is 3.07. The number of pyridine rings is 1. The molecule has 0 atom stereocenters. The quantitative estimate of drug-likeness (QED) is 0.396. The molecular weight excluding hydrogens is 365 g/mol. The summed E-state index contributed by atoms with van der Waals surface area (Å²) in [4.78, 5) is 0. The molecule has 1 fully saturated rings. The lowest BCUT2D eigenvalue weighted by molar-refractivity contribution is -0.605. The Hall–Kier alpha value is -2.05. The van der Waals surface area contributed by atoms with Crippen LogP contribution in [0.3, 0.4) is 0 Å². The van der Waals surface area contributed by atoms with Crippen LogP contribution in [0.2, 0.25) is 10.0 Å². The van der Waals surface area contributed by atoms with E-state index in [1.54, 1.807) is 25.3 Å². The van der Waals surface area contributed by atoms with Crippen molar-refractivity contribution < 1.29 is 14.2 Å². The standard InChI is InChI=1S/C17H17Cl2N3O3/c1-24-15-7-6-11(8-16(15)25-12-4-2-3-5-12)20-21-17-13(18)9-22(23)10-14(17)19/h6-10,12H,2-5H2,1H3. The number of hydrogen-bond donors (Lipinski definition) is 0. The molecule has 8 heteroatoms. The van der Waals surface area contributed by atoms with Gasteiger partial charge in [-0.05, 0) is 37.8 Å². The third-order valence-corrected chi connectivity index (χ3v) is 4.50. The number of ether oxygens (including phenoxy) is 2. The van der Waals surface area contributed by atoms with Crippen LogP contribution >= 0.6 is 23.2 Å². The van der Waals surface area contributed by atoms with Gasteiger partial charge in [0.05, 0.1) is 18.9 Å². The highest BCUT2D eigenvalue weighted by atomic mass is 35.5. The Kier molecular flexibility index (Phi) is 5.60. The summed E-state index contributed by atoms with van der Waals surface area (Å²) in [5.74, 6) is 1.28. The minimum atomic E-state index is 0.127. The zero-order valence-electron chi connectivity index (χ0n) is 13.6. The summed E-state index contributed by atoms with van der Waals surface area (Å²) in [6, 6.07) is 5.29. The van der Waals surface area contributed by atoms with E-state index in [2.05, 4.69) is 10.2 Å². The van der Waals surface area contributed by atoms with E-state index >= 15 is 0 Å². The van der Waals surface area contributed by atoms with E-state index in [0.29, 0.717) is 21.9 Å². The maximum absolute atomic E-state index is 11.3. The molecule has 0 saturated heterocycles. The molecule has 0 bridgehead atoms. The van der Waals surface area contributed by atoms with Crippen LogP contribution in [-0.2, 0) is 0 Å². The SMILES string of the molecule is COc1ccc(N=Nc2c(Cl)c[n+]([O-])cc2Cl)cc1OC1CCCC1. The van der Waals surface area contributed by atoms with E-state index in [-0.39, 0.29) is 21.8 Å². The third kappa shape index (κ3) is 4.32. The summed E-state index contributed by atoms with van der Waals surface area (Å²) in [6.45, 7) is 0. The lowest BCUT2D eigenvalue weighted by Crippen LogP contribution is -2.24. The number of benzene rings is 1. The van der Waals surface area contributed by atoms with Gasteiger partial charge in [-0.2, -0.15) is 9.84 Å². The van der Waals surface area contributed by atoms with Crippen molar-refractivity contribution in [2.24, 2.45) is 10.2 Å². The third-order valence-electron chi connectivity index (χ3n) is 3.94. The fourth-order valence-electron chi connectivity index (χ4n) is 2.71. The molecule has 1 aromatic heterocycles. The first-order valence-corrected chi connectivity index (χ1v) is 8.66. The van der Waals surface area contributed by atoms with Crippen molar-refractivity contribution in [2.75, 3.05) is 7.11 Å². The van der Waals surface area contributed by atoms with Crippen molar-refractivity contribution >= 4 is 34.6 Å². The molecule has 132 valence electrons. The molecule has 2 aromatic rings. The van der Waals surface area contributed by atoms with E-state index in [9.17, 15) is 5.21 Å². The fraction of sp³-hybridized carbons (Fsp3) is 0.353. The van der Waals surface area contributed by atoms with E-state index in [0.717, 1.165) is 12.8 Å². The van der Waals surface area contributed by atoms with Gasteiger partial charge < -0.3 is 14.7 Å². The van der Waals surface area contributed by atoms with Crippen molar-refractivity contribution in [2.45, 2.75) is 31.8 Å². The predicted octanol–water partition coefficient (Wildman–Crippen LogP) is 5.37. The van der Waals surface area contributed by atoms with Crippen LogP contribution in [0.25, 0.3) is 0 Å². The van der Waals surface area contributed by atoms with Crippen molar-refractivity contribution in [3.05, 3.63) is 45.8 Å². The molecule has 6 nitrogen and oxygen atoms in total. The summed E-state index contributed by atoms with van der Waals surface area (Å²) in [7, 11) is 1.60. The molecule has 0 spiro atoms. The molecule has 0 unspecified atom stereocenters. The molecule has 0 amide bonds. The Labute approximate surface area is 155 Å². The monoisotopic (exact) mass is 381 g/mol. The number of halogens is 2. The second-order valence-corrected chi connectivity index (χ2v) is 6.54. The molecule has 3 rings (SSSR count). The average molecular weight is 382 g/mol. The normalized spacial score (nSPS) is 15.0. The molecule has 0 radical (unpaired) electrons. The molecule has 1 aromatic carbocycles. The maximum atomic E-state index is 11.3. The first-order valence-electron chi connectivity index (χ1n) is 7.91. The van der Waals surface area contributed by atoms with Crippen LogP contribution < -0.4 is 14.2 Å². The van der Waals surface area contributed by atoms with Gasteiger partial charge in [-0.15, -0.1) is 5.11 Å². The van der Waals surface area contributed by atoms with Crippen molar-refractivity contribution in [1.82, 2.24) is 0 Å². The second kappa shape index (κ2) is 7.89. The lowest BCUT2D eigenvalue weighted by atomic mass is 10.2. The topological polar surface area (TPSA) is 70.1 Å². The number of aromatic nitrogens is 1. The Balaban J connectivity index is 1.85. The van der Waals surface area contributed by atoms with Gasteiger partial charge in [0.1, 0.15) is 15.7 Å². The van der Waals surface area contributed by atoms with Crippen molar-refractivity contribution in [3.63, 3.8) is 0 Å². The smallest absolute Gasteiger partial charge is 0.201 e. The number of rotatable bonds is 5. The van der Waals surface area contributed by atoms with Crippen LogP contribution in [0.4, 0.5) is 11.4 Å². The number of azo groups is 1. The van der Waals surface area contributed by atoms with Crippen LogP contribution in [0.15, 0.2) is 40.8 Å². The number of methoxy groups -OCH3 is 1. The van der Waals surface area contributed by atoms with Gasteiger partial charge in [-0.1, -0.05) is 23.2 Å². The van der Waals surface area contributed by atoms with Gasteiger partial charge >= 0.3 is 0 Å². The second-order valence-electron chi connectivity index (χ2n) is 5.72. The minimum Gasteiger partial charge on any atom is -0.619 e. The zero-order chi connectivity index (χ0) is 17.8. The summed E-state index contributed by atoms with van der Waals surface area (Å²) in [5, 5.41) is 19.7. The number of hydrogen-bond acceptors (Lipinski definition) is 5. The Bertz CT molecular complexity index is 770. The minimum absolute atomic E-state index is 0.127. The lowest BCUT2D eigenvalue weighted by Gasteiger charge is -2.16. The molecule has 0 N–H and O–H groups in total. The molecule has 0 aliphatic heterocycles. The number of nitrogens with zero attached hydrogens (tertiary/aromatic N) is 3. The first-order chi connectivity index (χ1) is 12.1. The van der Waals surface area contributed by atoms with Crippen molar-refractivity contribution in [1.29, 1.82) is 0 Å². The highest BCUT2D eigenvalue weighted by Crippen LogP contribution is 2.36. The van der Waals surface area contributed by atoms with Gasteiger partial charge in [0.2, 0.25) is 12.4 Å². The molecule has 1 aliphatic rings. The Morgan fingerprint density at radius 3 is 2.40 bits per heavy atom. The molecule has 1 saturated carbocycles. The van der Waals surface area contributed by atoms with Crippen LogP contribution in [0, 0.1) is 5.21 Å². The highest BCUT2D eigenvalue weighted by Gasteiger charge is 2.18. The largest absolute Gasteiger partial charge is 0.619 e. The predicted molar refractivity (Wildman–Crippen MR) is 95.5 cm³/mol. The van der Waals surface area contributed by atoms with E-state index in [1.165, 1.54) is 25.2 Å². The van der Waals surface area contributed by atoms with E-state index in [4.69, 9.17) is 32.7 Å². The van der Waals surface area contributed by atoms with Crippen LogP contribution in [0.1, 0.15) is 25.7 Å². The summed E-state index contributed by atoms with van der Waals surface area (Å²) < 4.78 is 11.9. The van der Waals surface area contributed by atoms with Crippen molar-refractivity contribution in [3.8, 4) is 11.5 Å². The molecule has 1 aliphatic carbocycles. The van der Waals surface area contributed by atoms with Gasteiger partial charge in [0.15, 0.2) is 11.5 Å². The maximum Gasteiger partial charge on any atom is 0.201 e. The molecule has 1 heterocycles. The highest BCUT2D eigenvalue weighted by molar-refractivity contribution is 6.38. The summed E-state index contributed by atoms with van der Waals surface area (Å²) in [5.41, 5.74) is 0.810. The van der Waals surface area contributed by atoms with Gasteiger partial charge in [-0.25, -0.2) is 0 Å². The van der Waals surface area contributed by atoms with Gasteiger partial charge in [0, 0.05) is 6.07 Å². The summed E-state index contributed by atoms with van der Waals surface area (Å²) >= 11 is 12.0. The first kappa shape index (κ1) is 17.8. The zero-order valence-corrected chi connectivity index (χ0v) is 15.1. The molecular formula is C17H17Cl2N3O3. The van der Waals surface area contributed by atoms with Crippen LogP contribution in [-0.4, -0.2) is 13.2 Å². The Morgan fingerprint density at radius 1 is 1.08 bits per heavy atom. The fourth-order valence-corrected chi connectivity index (χ4v) is 3.23. The molecule has 25 heavy (non-hydrogen) atoms. The van der Waals surface area contributed by atoms with Gasteiger partial charge in [-0.3, -0.25) is 0 Å². The van der Waals surface area contributed by atoms with E-state index < -0.39 is 0 Å². The summed E-state index contributed by atoms with van der Waals surface area (Å²) in [6.07, 6.45) is 6.98. The van der Waals surface area contributed by atoms with Crippen LogP contribution in [0.5, 0.6) is 11.5 Å². The Morgan fingerprint density at radius 2 is 1.76 bits per heavy atom.